The van der Waals surface area contributed by atoms with Crippen LogP contribution in [0.25, 0.3) is 6.08 Å². The van der Waals surface area contributed by atoms with Gasteiger partial charge in [0.1, 0.15) is 0 Å². The van der Waals surface area contributed by atoms with Crippen LogP contribution in [0.3, 0.4) is 0 Å². The zero-order valence-corrected chi connectivity index (χ0v) is 14.1. The summed E-state index contributed by atoms with van der Waals surface area (Å²) in [4.78, 5) is 0. The van der Waals surface area contributed by atoms with Gasteiger partial charge in [-0.15, -0.1) is 0 Å². The predicted molar refractivity (Wildman–Crippen MR) is 92.1 cm³/mol. The van der Waals surface area contributed by atoms with Gasteiger partial charge >= 0.3 is 0 Å². The Morgan fingerprint density at radius 1 is 1.26 bits per heavy atom. The van der Waals surface area contributed by atoms with E-state index in [0.717, 1.165) is 22.2 Å². The molecular weight excluding hydrogens is 312 g/mol. The molecule has 0 aliphatic carbocycles. The van der Waals surface area contributed by atoms with Gasteiger partial charge in [-0.2, -0.15) is 0 Å². The normalized spacial score (nSPS) is 13.5. The quantitative estimate of drug-likeness (QED) is 0.816. The van der Waals surface area contributed by atoms with Gasteiger partial charge in [0.25, 0.3) is 0 Å². The van der Waals surface area contributed by atoms with Crippen LogP contribution in [0.5, 0.6) is 0 Å². The predicted octanol–water partition coefficient (Wildman–Crippen LogP) is 2.35. The van der Waals surface area contributed by atoms with Crippen molar-refractivity contribution in [3.8, 4) is 0 Å². The Morgan fingerprint density at radius 2 is 1.96 bits per heavy atom. The van der Waals surface area contributed by atoms with Crippen molar-refractivity contribution in [2.75, 3.05) is 6.54 Å². The molecule has 0 saturated heterocycles. The lowest BCUT2D eigenvalue weighted by Crippen LogP contribution is -2.24. The molecule has 1 aromatic carbocycles. The molecule has 0 aliphatic rings. The van der Waals surface area contributed by atoms with Crippen LogP contribution in [-0.4, -0.2) is 24.6 Å². The molecule has 5 nitrogen and oxygen atoms in total. The van der Waals surface area contributed by atoms with Gasteiger partial charge in [0.2, 0.25) is 10.0 Å². The first kappa shape index (κ1) is 17.5. The first-order valence-corrected chi connectivity index (χ1v) is 8.96. The van der Waals surface area contributed by atoms with Crippen LogP contribution >= 0.6 is 0 Å². The lowest BCUT2D eigenvalue weighted by atomic mass is 10.2. The Morgan fingerprint density at radius 3 is 2.57 bits per heavy atom. The van der Waals surface area contributed by atoms with Crippen LogP contribution in [0, 0.1) is 6.92 Å². The summed E-state index contributed by atoms with van der Waals surface area (Å²) in [6.07, 6.45) is 3.01. The van der Waals surface area contributed by atoms with Crippen LogP contribution in [0.1, 0.15) is 29.3 Å². The molecule has 0 spiro atoms. The minimum absolute atomic E-state index is 0.174. The number of nitrogens with zero attached hydrogens (tertiary/aromatic N) is 1. The van der Waals surface area contributed by atoms with Crippen LogP contribution in [0.2, 0.25) is 0 Å². The molecule has 0 fully saturated rings. The number of hydrogen-bond donors (Lipinski definition) is 2. The molecule has 124 valence electrons. The van der Waals surface area contributed by atoms with E-state index in [4.69, 9.17) is 0 Å². The minimum atomic E-state index is -3.51. The van der Waals surface area contributed by atoms with E-state index in [9.17, 15) is 13.5 Å². The summed E-state index contributed by atoms with van der Waals surface area (Å²) >= 11 is 0. The van der Waals surface area contributed by atoms with E-state index >= 15 is 0 Å². The summed E-state index contributed by atoms with van der Waals surface area (Å²) in [5.41, 5.74) is 2.71. The van der Waals surface area contributed by atoms with Gasteiger partial charge < -0.3 is 9.67 Å². The molecule has 2 aromatic rings. The molecule has 0 radical (unpaired) electrons. The Balaban J connectivity index is 1.86. The maximum Gasteiger partial charge on any atom is 0.233 e. The lowest BCUT2D eigenvalue weighted by Gasteiger charge is -2.12. The average Bonchev–Trinajstić information content (AvgIpc) is 2.93. The van der Waals surface area contributed by atoms with E-state index < -0.39 is 16.1 Å². The minimum Gasteiger partial charge on any atom is -0.387 e. The maximum absolute atomic E-state index is 11.9. The first-order chi connectivity index (χ1) is 10.9. The van der Waals surface area contributed by atoms with Gasteiger partial charge in [-0.1, -0.05) is 29.8 Å². The monoisotopic (exact) mass is 334 g/mol. The molecular formula is C17H22N2O3S. The molecule has 6 heteroatoms. The smallest absolute Gasteiger partial charge is 0.233 e. The largest absolute Gasteiger partial charge is 0.387 e. The number of rotatable bonds is 7. The number of hydrogen-bond acceptors (Lipinski definition) is 3. The maximum atomic E-state index is 11.9. The fourth-order valence-electron chi connectivity index (χ4n) is 2.20. The Hall–Kier alpha value is -1.89. The molecule has 23 heavy (non-hydrogen) atoms. The molecule has 2 N–H and O–H groups in total. The van der Waals surface area contributed by atoms with Gasteiger partial charge in [0.05, 0.1) is 6.10 Å². The van der Waals surface area contributed by atoms with E-state index in [-0.39, 0.29) is 6.54 Å². The molecule has 1 aromatic heterocycles. The lowest BCUT2D eigenvalue weighted by molar-refractivity contribution is 0.161. The van der Waals surface area contributed by atoms with Crippen molar-refractivity contribution < 1.29 is 13.5 Å². The SMILES string of the molecule is Cc1ccc(C=CS(=O)(=O)NCCC(O)c2cccn2C)cc1. The molecule has 0 aliphatic heterocycles. The van der Waals surface area contributed by atoms with E-state index in [2.05, 4.69) is 4.72 Å². The number of nitrogens with one attached hydrogen (secondary N) is 1. The highest BCUT2D eigenvalue weighted by Crippen LogP contribution is 2.15. The second-order valence-corrected chi connectivity index (χ2v) is 7.15. The zero-order chi connectivity index (χ0) is 16.9. The summed E-state index contributed by atoms with van der Waals surface area (Å²) in [6.45, 7) is 2.15. The number of aryl methyl sites for hydroxylation is 2. The Bertz CT molecular complexity index is 761. The number of sulfonamides is 1. The van der Waals surface area contributed by atoms with Crippen molar-refractivity contribution in [2.24, 2.45) is 7.05 Å². The number of aliphatic hydroxyl groups is 1. The van der Waals surface area contributed by atoms with Gasteiger partial charge in [0, 0.05) is 30.9 Å². The van der Waals surface area contributed by atoms with Crippen molar-refractivity contribution >= 4 is 16.1 Å². The van der Waals surface area contributed by atoms with E-state index in [1.54, 1.807) is 6.08 Å². The van der Waals surface area contributed by atoms with Gasteiger partial charge in [-0.25, -0.2) is 13.1 Å². The third-order valence-corrected chi connectivity index (χ3v) is 4.66. The second-order valence-electron chi connectivity index (χ2n) is 5.50. The van der Waals surface area contributed by atoms with Crippen LogP contribution in [0.4, 0.5) is 0 Å². The third kappa shape index (κ3) is 5.35. The number of aromatic nitrogens is 1. The fourth-order valence-corrected chi connectivity index (χ4v) is 3.03. The van der Waals surface area contributed by atoms with Crippen LogP contribution in [-0.2, 0) is 17.1 Å². The standard InChI is InChI=1S/C17H22N2O3S/c1-14-5-7-15(8-6-14)10-13-23(21,22)18-11-9-17(20)16-4-3-12-19(16)2/h3-8,10,12-13,17-18,20H,9,11H2,1-2H3. The van der Waals surface area contributed by atoms with Crippen molar-refractivity contribution in [2.45, 2.75) is 19.4 Å². The summed E-state index contributed by atoms with van der Waals surface area (Å²) < 4.78 is 28.1. The number of aliphatic hydroxyl groups excluding tert-OH is 1. The topological polar surface area (TPSA) is 71.3 Å². The highest BCUT2D eigenvalue weighted by atomic mass is 32.2. The first-order valence-electron chi connectivity index (χ1n) is 7.41. The van der Waals surface area contributed by atoms with Gasteiger partial charge in [0.15, 0.2) is 0 Å². The summed E-state index contributed by atoms with van der Waals surface area (Å²) in [7, 11) is -1.67. The molecule has 0 amide bonds. The van der Waals surface area contributed by atoms with Crippen molar-refractivity contribution in [3.05, 3.63) is 64.8 Å². The summed E-state index contributed by atoms with van der Waals surface area (Å²) in [6, 6.07) is 11.2. The highest BCUT2D eigenvalue weighted by Gasteiger charge is 2.12. The number of benzene rings is 1. The van der Waals surface area contributed by atoms with Crippen LogP contribution in [0.15, 0.2) is 48.0 Å². The fraction of sp³-hybridized carbons (Fsp3) is 0.294. The summed E-state index contributed by atoms with van der Waals surface area (Å²) in [5, 5.41) is 11.2. The molecule has 1 unspecified atom stereocenters. The van der Waals surface area contributed by atoms with Gasteiger partial charge in [-0.05, 0) is 37.1 Å². The van der Waals surface area contributed by atoms with E-state index in [1.165, 1.54) is 0 Å². The Kier molecular flexibility index (Phi) is 5.76. The Labute approximate surface area is 137 Å². The second kappa shape index (κ2) is 7.59. The zero-order valence-electron chi connectivity index (χ0n) is 13.3. The summed E-state index contributed by atoms with van der Waals surface area (Å²) in [5.74, 6) is 0. The molecule has 0 bridgehead atoms. The van der Waals surface area contributed by atoms with Crippen molar-refractivity contribution in [1.82, 2.24) is 9.29 Å². The third-order valence-electron chi connectivity index (χ3n) is 3.56. The average molecular weight is 334 g/mol. The van der Waals surface area contributed by atoms with E-state index in [1.807, 2.05) is 61.1 Å². The molecule has 1 heterocycles. The van der Waals surface area contributed by atoms with Crippen molar-refractivity contribution in [1.29, 1.82) is 0 Å². The van der Waals surface area contributed by atoms with Gasteiger partial charge in [-0.3, -0.25) is 0 Å². The molecule has 2 rings (SSSR count). The van der Waals surface area contributed by atoms with E-state index in [0.29, 0.717) is 6.42 Å². The van der Waals surface area contributed by atoms with Crippen molar-refractivity contribution in [3.63, 3.8) is 0 Å². The molecule has 1 atom stereocenters. The van der Waals surface area contributed by atoms with Crippen LogP contribution < -0.4 is 4.72 Å². The molecule has 0 saturated carbocycles. The highest BCUT2D eigenvalue weighted by molar-refractivity contribution is 7.92.